The van der Waals surface area contributed by atoms with Crippen molar-refractivity contribution in [2.24, 2.45) is 11.3 Å². The zero-order chi connectivity index (χ0) is 25.0. The molecule has 1 saturated heterocycles. The number of carbonyl (C=O) groups excluding carboxylic acids is 2. The summed E-state index contributed by atoms with van der Waals surface area (Å²) < 4.78 is 0. The monoisotopic (exact) mass is 474 g/mol. The quantitative estimate of drug-likeness (QED) is 0.668. The highest BCUT2D eigenvalue weighted by Gasteiger charge is 2.57. The van der Waals surface area contributed by atoms with E-state index < -0.39 is 0 Å². The van der Waals surface area contributed by atoms with Gasteiger partial charge >= 0.3 is 0 Å². The first kappa shape index (κ1) is 23.9. The van der Waals surface area contributed by atoms with E-state index in [0.29, 0.717) is 17.7 Å². The van der Waals surface area contributed by atoms with Gasteiger partial charge in [-0.1, -0.05) is 51.1 Å². The van der Waals surface area contributed by atoms with Crippen molar-refractivity contribution in [3.8, 4) is 5.75 Å². The van der Waals surface area contributed by atoms with Crippen LogP contribution >= 0.6 is 0 Å². The third-order valence-corrected chi connectivity index (χ3v) is 9.85. The normalized spacial score (nSPS) is 29.3. The van der Waals surface area contributed by atoms with Crippen LogP contribution in [0.3, 0.4) is 0 Å². The van der Waals surface area contributed by atoms with Crippen molar-refractivity contribution < 1.29 is 14.7 Å². The number of rotatable bonds is 3. The Morgan fingerprint density at radius 1 is 0.971 bits per heavy atom. The predicted octanol–water partition coefficient (Wildman–Crippen LogP) is 5.16. The largest absolute Gasteiger partial charge is 0.508 e. The molecule has 0 radical (unpaired) electrons. The highest BCUT2D eigenvalue weighted by atomic mass is 16.3. The topological polar surface area (TPSA) is 60.9 Å². The van der Waals surface area contributed by atoms with Crippen molar-refractivity contribution in [3.05, 3.63) is 65.2 Å². The first-order chi connectivity index (χ1) is 16.6. The molecule has 2 atom stereocenters. The third-order valence-electron chi connectivity index (χ3n) is 9.85. The zero-order valence-electron chi connectivity index (χ0n) is 21.5. The lowest BCUT2D eigenvalue weighted by Gasteiger charge is -2.61. The second-order valence-corrected chi connectivity index (χ2v) is 11.6. The van der Waals surface area contributed by atoms with Gasteiger partial charge in [-0.3, -0.25) is 9.59 Å². The molecular formula is C30H38N2O3. The molecule has 0 unspecified atom stereocenters. The average molecular weight is 475 g/mol. The van der Waals surface area contributed by atoms with Crippen LogP contribution in [0.15, 0.2) is 48.5 Å². The van der Waals surface area contributed by atoms with Crippen LogP contribution in [0.1, 0.15) is 74.4 Å². The van der Waals surface area contributed by atoms with E-state index in [4.69, 9.17) is 0 Å². The van der Waals surface area contributed by atoms with E-state index in [-0.39, 0.29) is 40.6 Å². The van der Waals surface area contributed by atoms with Crippen molar-refractivity contribution in [2.75, 3.05) is 13.6 Å². The Bertz CT molecular complexity index is 1120. The van der Waals surface area contributed by atoms with Gasteiger partial charge in [-0.25, -0.2) is 0 Å². The van der Waals surface area contributed by atoms with Crippen molar-refractivity contribution >= 4 is 11.8 Å². The summed E-state index contributed by atoms with van der Waals surface area (Å²) in [4.78, 5) is 30.8. The van der Waals surface area contributed by atoms with Crippen LogP contribution in [0.2, 0.25) is 0 Å². The van der Waals surface area contributed by atoms with Gasteiger partial charge in [0.05, 0.1) is 0 Å². The van der Waals surface area contributed by atoms with E-state index in [9.17, 15) is 14.7 Å². The second kappa shape index (κ2) is 8.69. The molecule has 5 rings (SSSR count). The molecule has 5 heteroatoms. The number of hydrogen-bond donors (Lipinski definition) is 1. The molecule has 2 fully saturated rings. The lowest BCUT2D eigenvalue weighted by Crippen LogP contribution is -2.65. The molecule has 1 N–H and O–H groups in total. The van der Waals surface area contributed by atoms with Gasteiger partial charge in [-0.15, -0.1) is 0 Å². The van der Waals surface area contributed by atoms with Crippen molar-refractivity contribution in [2.45, 2.75) is 76.8 Å². The Labute approximate surface area is 209 Å². The fourth-order valence-electron chi connectivity index (χ4n) is 7.08. The molecule has 1 heterocycles. The predicted molar refractivity (Wildman–Crippen MR) is 137 cm³/mol. The van der Waals surface area contributed by atoms with Gasteiger partial charge < -0.3 is 14.9 Å². The molecule has 2 aromatic rings. The van der Waals surface area contributed by atoms with Crippen LogP contribution in [0.4, 0.5) is 0 Å². The van der Waals surface area contributed by atoms with Gasteiger partial charge in [0.1, 0.15) is 5.75 Å². The maximum atomic E-state index is 13.9. The second-order valence-electron chi connectivity index (χ2n) is 11.6. The number of likely N-dealkylation sites (tertiary alicyclic amines) is 1. The first-order valence-electron chi connectivity index (χ1n) is 13.1. The van der Waals surface area contributed by atoms with Gasteiger partial charge in [-0.2, -0.15) is 0 Å². The lowest BCUT2D eigenvalue weighted by molar-refractivity contribution is -0.149. The Morgan fingerprint density at radius 3 is 2.34 bits per heavy atom. The van der Waals surface area contributed by atoms with Crippen LogP contribution in [-0.2, 0) is 16.6 Å². The Morgan fingerprint density at radius 2 is 1.66 bits per heavy atom. The molecule has 1 aliphatic heterocycles. The number of piperidine rings is 1. The highest BCUT2D eigenvalue weighted by molar-refractivity contribution is 5.94. The fraction of sp³-hybridized carbons (Fsp3) is 0.533. The Kier molecular flexibility index (Phi) is 5.93. The van der Waals surface area contributed by atoms with E-state index in [1.165, 1.54) is 5.56 Å². The molecule has 2 bridgehead atoms. The van der Waals surface area contributed by atoms with Gasteiger partial charge in [0, 0.05) is 42.6 Å². The van der Waals surface area contributed by atoms with Gasteiger partial charge in [0.25, 0.3) is 5.91 Å². The van der Waals surface area contributed by atoms with Gasteiger partial charge in [0.2, 0.25) is 5.91 Å². The number of hydrogen-bond acceptors (Lipinski definition) is 3. The zero-order valence-corrected chi connectivity index (χ0v) is 21.5. The van der Waals surface area contributed by atoms with Crippen molar-refractivity contribution in [1.29, 1.82) is 0 Å². The number of phenols is 1. The number of aromatic hydroxyl groups is 1. The van der Waals surface area contributed by atoms with Crippen LogP contribution < -0.4 is 0 Å². The summed E-state index contributed by atoms with van der Waals surface area (Å²) in [7, 11) is 1.89. The maximum absolute atomic E-state index is 13.9. The van der Waals surface area contributed by atoms with Gasteiger partial charge in [-0.05, 0) is 73.3 Å². The van der Waals surface area contributed by atoms with Crippen LogP contribution in [-0.4, -0.2) is 52.4 Å². The fourth-order valence-corrected chi connectivity index (χ4v) is 7.08. The van der Waals surface area contributed by atoms with E-state index in [2.05, 4.69) is 31.7 Å². The summed E-state index contributed by atoms with van der Waals surface area (Å²) in [6.45, 7) is 7.67. The standard InChI is InChI=1S/C30H38N2O3/c1-29(2)26-19-23-24(11-8-12-25(23)33)30(29,3)17-18-32(26)28(35)21-13-15-22(16-14-21)31(4)27(34)20-9-6-5-7-10-20/h5-12,21-22,26,33H,13-19H2,1-4H3/t21?,22?,26-,30+/m1/s1. The molecule has 3 aliphatic rings. The SMILES string of the molecule is CN(C(=O)c1ccccc1)C1CCC(C(=O)N2CC[C@@]3(C)c4cccc(O)c4C[C@@H]2C3(C)C)CC1. The lowest BCUT2D eigenvalue weighted by atomic mass is 9.51. The molecule has 2 aliphatic carbocycles. The minimum Gasteiger partial charge on any atom is -0.508 e. The molecule has 5 nitrogen and oxygen atoms in total. The molecule has 0 aromatic heterocycles. The van der Waals surface area contributed by atoms with Crippen molar-refractivity contribution in [1.82, 2.24) is 9.80 Å². The number of nitrogens with zero attached hydrogens (tertiary/aromatic N) is 2. The van der Waals surface area contributed by atoms with Gasteiger partial charge in [0.15, 0.2) is 0 Å². The summed E-state index contributed by atoms with van der Waals surface area (Å²) in [5.74, 6) is 0.685. The van der Waals surface area contributed by atoms with E-state index in [1.54, 1.807) is 6.07 Å². The summed E-state index contributed by atoms with van der Waals surface area (Å²) in [6.07, 6.45) is 4.96. The smallest absolute Gasteiger partial charge is 0.253 e. The van der Waals surface area contributed by atoms with E-state index in [1.807, 2.05) is 48.3 Å². The molecule has 0 spiro atoms. The summed E-state index contributed by atoms with van der Waals surface area (Å²) in [6, 6.07) is 15.6. The van der Waals surface area contributed by atoms with Crippen molar-refractivity contribution in [3.63, 3.8) is 0 Å². The number of phenolic OH excluding ortho intramolecular Hbond substituents is 1. The first-order valence-corrected chi connectivity index (χ1v) is 13.1. The number of carbonyl (C=O) groups is 2. The number of fused-ring (bicyclic) bond motifs is 4. The number of amides is 2. The Balaban J connectivity index is 1.29. The minimum atomic E-state index is -0.0821. The molecule has 186 valence electrons. The Hall–Kier alpha value is -2.82. The molecule has 2 amide bonds. The van der Waals surface area contributed by atoms with Crippen LogP contribution in [0, 0.1) is 11.3 Å². The molecule has 35 heavy (non-hydrogen) atoms. The van der Waals surface area contributed by atoms with E-state index >= 15 is 0 Å². The number of benzene rings is 2. The van der Waals surface area contributed by atoms with Crippen LogP contribution in [0.25, 0.3) is 0 Å². The molecule has 2 aromatic carbocycles. The third kappa shape index (κ3) is 3.75. The maximum Gasteiger partial charge on any atom is 0.253 e. The molecule has 1 saturated carbocycles. The summed E-state index contributed by atoms with van der Waals surface area (Å²) >= 11 is 0. The summed E-state index contributed by atoms with van der Waals surface area (Å²) in [5, 5.41) is 10.6. The van der Waals surface area contributed by atoms with Crippen LogP contribution in [0.5, 0.6) is 5.75 Å². The average Bonchev–Trinajstić information content (AvgIpc) is 2.86. The highest BCUT2D eigenvalue weighted by Crippen LogP contribution is 2.57. The molecular weight excluding hydrogens is 436 g/mol. The minimum absolute atomic E-state index is 0.0115. The summed E-state index contributed by atoms with van der Waals surface area (Å²) in [5.41, 5.74) is 2.83. The van der Waals surface area contributed by atoms with E-state index in [0.717, 1.165) is 44.2 Å².